The predicted molar refractivity (Wildman–Crippen MR) is 56.0 cm³/mol. The van der Waals surface area contributed by atoms with Crippen molar-refractivity contribution in [2.24, 2.45) is 0 Å². The van der Waals surface area contributed by atoms with Gasteiger partial charge in [-0.15, -0.1) is 0 Å². The summed E-state index contributed by atoms with van der Waals surface area (Å²) in [6.07, 6.45) is 1.54. The highest BCUT2D eigenvalue weighted by Gasteiger charge is 2.16. The number of hydrogen-bond donors (Lipinski definition) is 1. The van der Waals surface area contributed by atoms with Crippen LogP contribution < -0.4 is 5.73 Å². The fraction of sp³-hybridized carbons (Fsp3) is 0.364. The lowest BCUT2D eigenvalue weighted by Crippen LogP contribution is -2.10. The predicted octanol–water partition coefficient (Wildman–Crippen LogP) is 2.50. The van der Waals surface area contributed by atoms with Gasteiger partial charge in [-0.2, -0.15) is 0 Å². The van der Waals surface area contributed by atoms with Crippen LogP contribution in [-0.4, -0.2) is 12.6 Å². The van der Waals surface area contributed by atoms with E-state index in [1.165, 1.54) is 0 Å². The lowest BCUT2D eigenvalue weighted by Gasteiger charge is -2.06. The molecule has 1 rings (SSSR count). The van der Waals surface area contributed by atoms with Crippen LogP contribution in [0.15, 0.2) is 12.1 Å². The average molecular weight is 229 g/mol. The Morgan fingerprint density at radius 1 is 1.38 bits per heavy atom. The van der Waals surface area contributed by atoms with Crippen LogP contribution in [0.3, 0.4) is 0 Å². The van der Waals surface area contributed by atoms with Gasteiger partial charge in [-0.1, -0.05) is 13.3 Å². The molecule has 16 heavy (non-hydrogen) atoms. The van der Waals surface area contributed by atoms with Crippen LogP contribution in [0, 0.1) is 11.6 Å². The van der Waals surface area contributed by atoms with Gasteiger partial charge in [0.25, 0.3) is 0 Å². The highest BCUT2D eigenvalue weighted by molar-refractivity contribution is 5.90. The van der Waals surface area contributed by atoms with Crippen LogP contribution in [0.5, 0.6) is 0 Å². The number of ether oxygens (including phenoxy) is 1. The Morgan fingerprint density at radius 2 is 2.06 bits per heavy atom. The van der Waals surface area contributed by atoms with Crippen molar-refractivity contribution in [2.75, 3.05) is 12.3 Å². The zero-order valence-corrected chi connectivity index (χ0v) is 8.93. The monoisotopic (exact) mass is 229 g/mol. The number of benzene rings is 1. The van der Waals surface area contributed by atoms with E-state index >= 15 is 0 Å². The van der Waals surface area contributed by atoms with Gasteiger partial charge in [-0.05, 0) is 12.5 Å². The van der Waals surface area contributed by atoms with Crippen molar-refractivity contribution >= 4 is 11.7 Å². The van der Waals surface area contributed by atoms with Crippen molar-refractivity contribution in [1.82, 2.24) is 0 Å². The maximum atomic E-state index is 13.2. The molecule has 0 aliphatic heterocycles. The Labute approximate surface area is 92.2 Å². The summed E-state index contributed by atoms with van der Waals surface area (Å²) in [4.78, 5) is 11.3. The molecule has 0 heterocycles. The number of esters is 1. The molecule has 0 amide bonds. The maximum Gasteiger partial charge on any atom is 0.341 e. The summed E-state index contributed by atoms with van der Waals surface area (Å²) in [6, 6.07) is 1.52. The SMILES string of the molecule is CCCCOC(=O)c1cc(F)c(N)cc1F. The Kier molecular flexibility index (Phi) is 4.22. The molecule has 3 nitrogen and oxygen atoms in total. The Morgan fingerprint density at radius 3 is 2.69 bits per heavy atom. The van der Waals surface area contributed by atoms with E-state index < -0.39 is 23.2 Å². The molecule has 0 atom stereocenters. The maximum absolute atomic E-state index is 13.2. The van der Waals surface area contributed by atoms with Gasteiger partial charge in [0, 0.05) is 6.07 Å². The first kappa shape index (κ1) is 12.4. The van der Waals surface area contributed by atoms with Gasteiger partial charge in [-0.25, -0.2) is 13.6 Å². The lowest BCUT2D eigenvalue weighted by atomic mass is 10.2. The number of hydrogen-bond acceptors (Lipinski definition) is 3. The van der Waals surface area contributed by atoms with E-state index in [1.807, 2.05) is 6.92 Å². The van der Waals surface area contributed by atoms with E-state index in [9.17, 15) is 13.6 Å². The number of nitrogens with two attached hydrogens (primary N) is 1. The summed E-state index contributed by atoms with van der Waals surface area (Å²) in [5, 5.41) is 0. The van der Waals surface area contributed by atoms with Gasteiger partial charge >= 0.3 is 5.97 Å². The average Bonchev–Trinajstić information content (AvgIpc) is 2.23. The third-order valence-corrected chi connectivity index (χ3v) is 2.04. The van der Waals surface area contributed by atoms with Crippen molar-refractivity contribution in [3.63, 3.8) is 0 Å². The highest BCUT2D eigenvalue weighted by atomic mass is 19.1. The molecule has 0 saturated heterocycles. The minimum absolute atomic E-state index is 0.195. The van der Waals surface area contributed by atoms with Gasteiger partial charge in [0.05, 0.1) is 17.9 Å². The molecule has 0 fully saturated rings. The van der Waals surface area contributed by atoms with Gasteiger partial charge in [0.1, 0.15) is 11.6 Å². The summed E-state index contributed by atoms with van der Waals surface area (Å²) in [5.41, 5.74) is 4.39. The van der Waals surface area contributed by atoms with E-state index in [0.717, 1.165) is 18.6 Å². The van der Waals surface area contributed by atoms with Crippen molar-refractivity contribution < 1.29 is 18.3 Å². The van der Waals surface area contributed by atoms with E-state index in [0.29, 0.717) is 6.42 Å². The van der Waals surface area contributed by atoms with Crippen LogP contribution in [0.1, 0.15) is 30.1 Å². The van der Waals surface area contributed by atoms with Gasteiger partial charge in [0.2, 0.25) is 0 Å². The topological polar surface area (TPSA) is 52.3 Å². The third kappa shape index (κ3) is 2.92. The summed E-state index contributed by atoms with van der Waals surface area (Å²) >= 11 is 0. The molecule has 0 spiro atoms. The molecular formula is C11H13F2NO2. The first-order valence-corrected chi connectivity index (χ1v) is 4.98. The molecule has 1 aromatic rings. The summed E-state index contributed by atoms with van der Waals surface area (Å²) in [7, 11) is 0. The molecule has 0 bridgehead atoms. The van der Waals surface area contributed by atoms with Crippen molar-refractivity contribution in [1.29, 1.82) is 0 Å². The second-order valence-electron chi connectivity index (χ2n) is 3.34. The van der Waals surface area contributed by atoms with Gasteiger partial charge in [-0.3, -0.25) is 0 Å². The Hall–Kier alpha value is -1.65. The Bertz CT molecular complexity index is 394. The fourth-order valence-electron chi connectivity index (χ4n) is 1.11. The molecule has 0 saturated carbocycles. The normalized spacial score (nSPS) is 10.2. The zero-order valence-electron chi connectivity index (χ0n) is 8.93. The van der Waals surface area contributed by atoms with Crippen molar-refractivity contribution in [2.45, 2.75) is 19.8 Å². The Balaban J connectivity index is 2.79. The number of carbonyl (C=O) groups is 1. The van der Waals surface area contributed by atoms with Gasteiger partial charge in [0.15, 0.2) is 0 Å². The number of unbranched alkanes of at least 4 members (excludes halogenated alkanes) is 1. The molecule has 5 heteroatoms. The van der Waals surface area contributed by atoms with E-state index in [1.54, 1.807) is 0 Å². The zero-order chi connectivity index (χ0) is 12.1. The first-order chi connectivity index (χ1) is 7.56. The summed E-state index contributed by atoms with van der Waals surface area (Å²) < 4.78 is 31.0. The second-order valence-corrected chi connectivity index (χ2v) is 3.34. The first-order valence-electron chi connectivity index (χ1n) is 4.98. The van der Waals surface area contributed by atoms with Crippen LogP contribution in [0.25, 0.3) is 0 Å². The standard InChI is InChI=1S/C11H13F2NO2/c1-2-3-4-16-11(15)7-5-9(13)10(14)6-8(7)12/h5-6H,2-4,14H2,1H3. The molecular weight excluding hydrogens is 216 g/mol. The fourth-order valence-corrected chi connectivity index (χ4v) is 1.11. The lowest BCUT2D eigenvalue weighted by molar-refractivity contribution is 0.0494. The molecule has 0 radical (unpaired) electrons. The van der Waals surface area contributed by atoms with E-state index in [2.05, 4.69) is 0 Å². The van der Waals surface area contributed by atoms with E-state index in [4.69, 9.17) is 10.5 Å². The summed E-state index contributed by atoms with van der Waals surface area (Å²) in [6.45, 7) is 2.12. The number of nitrogen functional groups attached to an aromatic ring is 1. The molecule has 0 aromatic heterocycles. The molecule has 2 N–H and O–H groups in total. The second kappa shape index (κ2) is 5.44. The minimum Gasteiger partial charge on any atom is -0.462 e. The van der Waals surface area contributed by atoms with Crippen LogP contribution in [-0.2, 0) is 4.74 Å². The highest BCUT2D eigenvalue weighted by Crippen LogP contribution is 2.17. The van der Waals surface area contributed by atoms with E-state index in [-0.39, 0.29) is 12.3 Å². The minimum atomic E-state index is -0.875. The van der Waals surface area contributed by atoms with Crippen molar-refractivity contribution in [3.8, 4) is 0 Å². The van der Waals surface area contributed by atoms with Crippen LogP contribution >= 0.6 is 0 Å². The van der Waals surface area contributed by atoms with Gasteiger partial charge < -0.3 is 10.5 Å². The molecule has 88 valence electrons. The smallest absolute Gasteiger partial charge is 0.341 e. The van der Waals surface area contributed by atoms with Crippen LogP contribution in [0.4, 0.5) is 14.5 Å². The third-order valence-electron chi connectivity index (χ3n) is 2.04. The molecule has 1 aromatic carbocycles. The largest absolute Gasteiger partial charge is 0.462 e. The number of carbonyl (C=O) groups excluding carboxylic acids is 1. The molecule has 0 aliphatic rings. The molecule has 0 aliphatic carbocycles. The number of halogens is 2. The van der Waals surface area contributed by atoms with Crippen molar-refractivity contribution in [3.05, 3.63) is 29.3 Å². The number of anilines is 1. The summed E-state index contributed by atoms with van der Waals surface area (Å²) in [5.74, 6) is -2.57. The molecule has 0 unspecified atom stereocenters. The van der Waals surface area contributed by atoms with Crippen LogP contribution in [0.2, 0.25) is 0 Å². The number of rotatable bonds is 4. The quantitative estimate of drug-likeness (QED) is 0.490.